The Balaban J connectivity index is 2.69. The topological polar surface area (TPSA) is 46.2 Å². The molecule has 108 valence electrons. The minimum atomic E-state index is -4.28. The Morgan fingerprint density at radius 1 is 0.684 bits per heavy atom. The van der Waals surface area contributed by atoms with Crippen LogP contribution in [0, 0.1) is 0 Å². The zero-order chi connectivity index (χ0) is 14.4. The van der Waals surface area contributed by atoms with Gasteiger partial charge >= 0.3 is 130 Å². The van der Waals surface area contributed by atoms with E-state index in [1.807, 2.05) is 0 Å². The molecule has 2 rings (SSSR count). The Hall–Kier alpha value is 0.290. The van der Waals surface area contributed by atoms with Crippen LogP contribution in [-0.4, -0.2) is 21.3 Å². The molecular formula is C9H9Cl4O5P. The molecule has 0 unspecified atom stereocenters. The molecule has 19 heavy (non-hydrogen) atoms. The molecule has 1 aliphatic heterocycles. The minimum absolute atomic E-state index is 0.0312. The summed E-state index contributed by atoms with van der Waals surface area (Å²) in [6, 6.07) is 0. The van der Waals surface area contributed by atoms with Crippen LogP contribution in [0.1, 0.15) is 0 Å². The van der Waals surface area contributed by atoms with Crippen molar-refractivity contribution in [2.75, 3.05) is 21.3 Å². The van der Waals surface area contributed by atoms with Gasteiger partial charge in [-0.1, -0.05) is 0 Å². The number of hydrogen-bond acceptors (Lipinski definition) is 5. The molecule has 0 atom stereocenters. The quantitative estimate of drug-likeness (QED) is 0.419. The molecule has 0 aliphatic carbocycles. The summed E-state index contributed by atoms with van der Waals surface area (Å²) in [4.78, 5) is 0. The molecule has 0 fully saturated rings. The van der Waals surface area contributed by atoms with E-state index >= 15 is 0 Å². The number of hydrogen-bond donors (Lipinski definition) is 0. The van der Waals surface area contributed by atoms with Gasteiger partial charge in [0, 0.05) is 0 Å². The molecule has 0 saturated heterocycles. The van der Waals surface area contributed by atoms with Crippen LogP contribution in [0.4, 0.5) is 0 Å². The summed E-state index contributed by atoms with van der Waals surface area (Å²) >= 11 is 24.0. The molecule has 0 saturated carbocycles. The fourth-order valence-corrected chi connectivity index (χ4v) is 4.40. The van der Waals surface area contributed by atoms with Gasteiger partial charge in [-0.15, -0.1) is 0 Å². The maximum atomic E-state index is 6.05. The van der Waals surface area contributed by atoms with Crippen molar-refractivity contribution in [1.82, 2.24) is 0 Å². The van der Waals surface area contributed by atoms with Gasteiger partial charge in [0.25, 0.3) is 0 Å². The first-order valence-electron chi connectivity index (χ1n) is 4.80. The van der Waals surface area contributed by atoms with Crippen LogP contribution in [0.25, 0.3) is 0 Å². The predicted molar refractivity (Wildman–Crippen MR) is 75.7 cm³/mol. The molecule has 1 heterocycles. The SMILES string of the molecule is COP1(OC)(OC)Oc2c(Cl)c(Cl)c(Cl)c(Cl)c2O1. The van der Waals surface area contributed by atoms with Gasteiger partial charge in [0.1, 0.15) is 0 Å². The fourth-order valence-electron chi connectivity index (χ4n) is 1.52. The zero-order valence-corrected chi connectivity index (χ0v) is 13.9. The molecule has 1 aromatic carbocycles. The number of fused-ring (bicyclic) bond motifs is 1. The standard InChI is InChI=1S/C9H9Cl4O5P/c1-14-19(15-2,16-3)17-8-6(12)4(10)5(11)7(13)9(8)18-19/h1-3H3. The van der Waals surface area contributed by atoms with Crippen molar-refractivity contribution in [3.05, 3.63) is 20.1 Å². The van der Waals surface area contributed by atoms with Crippen LogP contribution in [0.2, 0.25) is 20.1 Å². The van der Waals surface area contributed by atoms with Gasteiger partial charge in [0.15, 0.2) is 0 Å². The van der Waals surface area contributed by atoms with Crippen LogP contribution >= 0.6 is 54.1 Å². The summed E-state index contributed by atoms with van der Waals surface area (Å²) in [5, 5.41) is 0.141. The first-order valence-corrected chi connectivity index (χ1v) is 8.14. The van der Waals surface area contributed by atoms with Crippen LogP contribution in [0.3, 0.4) is 0 Å². The van der Waals surface area contributed by atoms with Crippen molar-refractivity contribution < 1.29 is 22.6 Å². The number of benzene rings is 1. The van der Waals surface area contributed by atoms with Crippen molar-refractivity contribution in [3.63, 3.8) is 0 Å². The maximum absolute atomic E-state index is 6.05. The van der Waals surface area contributed by atoms with E-state index < -0.39 is 7.74 Å². The van der Waals surface area contributed by atoms with Crippen molar-refractivity contribution in [1.29, 1.82) is 0 Å². The van der Waals surface area contributed by atoms with Crippen LogP contribution in [-0.2, 0) is 13.6 Å². The van der Waals surface area contributed by atoms with E-state index in [0.29, 0.717) is 0 Å². The van der Waals surface area contributed by atoms with Gasteiger partial charge in [-0.05, 0) is 0 Å². The Morgan fingerprint density at radius 3 is 1.26 bits per heavy atom. The normalized spacial score (nSPS) is 20.9. The van der Waals surface area contributed by atoms with Crippen LogP contribution < -0.4 is 9.05 Å². The van der Waals surface area contributed by atoms with Gasteiger partial charge in [-0.3, -0.25) is 0 Å². The van der Waals surface area contributed by atoms with Crippen molar-refractivity contribution in [2.45, 2.75) is 0 Å². The second-order valence-corrected chi connectivity index (χ2v) is 7.85. The van der Waals surface area contributed by atoms with Gasteiger partial charge in [0.05, 0.1) is 0 Å². The molecule has 0 radical (unpaired) electrons. The van der Waals surface area contributed by atoms with Gasteiger partial charge < -0.3 is 0 Å². The fraction of sp³-hybridized carbons (Fsp3) is 0.333. The van der Waals surface area contributed by atoms with E-state index in [-0.39, 0.29) is 31.6 Å². The molecule has 1 aromatic rings. The van der Waals surface area contributed by atoms with Crippen molar-refractivity contribution in [2.24, 2.45) is 0 Å². The molecule has 0 bridgehead atoms. The second-order valence-electron chi connectivity index (χ2n) is 3.39. The zero-order valence-electron chi connectivity index (χ0n) is 10.0. The molecule has 10 heteroatoms. The molecule has 0 amide bonds. The third-order valence-electron chi connectivity index (χ3n) is 2.56. The summed E-state index contributed by atoms with van der Waals surface area (Å²) in [6.07, 6.45) is 0. The third-order valence-corrected chi connectivity index (χ3v) is 7.08. The van der Waals surface area contributed by atoms with Crippen LogP contribution in [0.5, 0.6) is 11.5 Å². The Kier molecular flexibility index (Phi) is 4.07. The molecule has 0 N–H and O–H groups in total. The summed E-state index contributed by atoms with van der Waals surface area (Å²) in [6.45, 7) is 0. The van der Waals surface area contributed by atoms with Gasteiger partial charge in [-0.25, -0.2) is 0 Å². The molecule has 0 aromatic heterocycles. The van der Waals surface area contributed by atoms with Gasteiger partial charge in [-0.2, -0.15) is 0 Å². The van der Waals surface area contributed by atoms with Crippen LogP contribution in [0.15, 0.2) is 0 Å². The summed E-state index contributed by atoms with van der Waals surface area (Å²) < 4.78 is 26.7. The molecular weight excluding hydrogens is 361 g/mol. The van der Waals surface area contributed by atoms with E-state index in [1.165, 1.54) is 21.3 Å². The van der Waals surface area contributed by atoms with Gasteiger partial charge in [0.2, 0.25) is 0 Å². The Morgan fingerprint density at radius 2 is 1.00 bits per heavy atom. The van der Waals surface area contributed by atoms with Crippen molar-refractivity contribution in [3.8, 4) is 11.5 Å². The predicted octanol–water partition coefficient (Wildman–Crippen LogP) is 5.14. The van der Waals surface area contributed by atoms with E-state index in [2.05, 4.69) is 0 Å². The molecule has 0 spiro atoms. The van der Waals surface area contributed by atoms with E-state index in [4.69, 9.17) is 69.0 Å². The monoisotopic (exact) mass is 368 g/mol. The Labute approximate surface area is 129 Å². The average molecular weight is 370 g/mol. The summed E-state index contributed by atoms with van der Waals surface area (Å²) in [5.41, 5.74) is 0. The second kappa shape index (κ2) is 4.93. The van der Waals surface area contributed by atoms with E-state index in [0.717, 1.165) is 0 Å². The molecule has 5 nitrogen and oxygen atoms in total. The number of halogens is 4. The first kappa shape index (κ1) is 15.7. The van der Waals surface area contributed by atoms with E-state index in [1.54, 1.807) is 0 Å². The summed E-state index contributed by atoms with van der Waals surface area (Å²) in [5.74, 6) is 0.119. The van der Waals surface area contributed by atoms with Crippen molar-refractivity contribution >= 4 is 54.1 Å². The Bertz CT molecular complexity index is 496. The van der Waals surface area contributed by atoms with E-state index in [9.17, 15) is 0 Å². The third kappa shape index (κ3) is 2.08. The number of rotatable bonds is 3. The average Bonchev–Trinajstić information content (AvgIpc) is 2.81. The first-order chi connectivity index (χ1) is 8.83. The molecule has 1 aliphatic rings. The summed E-state index contributed by atoms with van der Waals surface area (Å²) in [7, 11) is -0.362.